The molecule has 5 rings (SSSR count). The van der Waals surface area contributed by atoms with Crippen molar-refractivity contribution in [1.82, 2.24) is 9.55 Å². The minimum absolute atomic E-state index is 0.156. The van der Waals surface area contributed by atoms with Crippen LogP contribution >= 0.6 is 0 Å². The molecule has 0 amide bonds. The van der Waals surface area contributed by atoms with E-state index in [-0.39, 0.29) is 5.56 Å². The average molecular weight is 364 g/mol. The number of aromatic carboxylic acids is 1. The van der Waals surface area contributed by atoms with Gasteiger partial charge in [0.05, 0.1) is 17.2 Å². The number of aliphatic hydroxyl groups is 1. The fourth-order valence-electron chi connectivity index (χ4n) is 4.01. The van der Waals surface area contributed by atoms with E-state index in [1.807, 2.05) is 35.9 Å². The van der Waals surface area contributed by atoms with Crippen molar-refractivity contribution < 1.29 is 19.7 Å². The number of hydrogen-bond acceptors (Lipinski definition) is 4. The van der Waals surface area contributed by atoms with E-state index in [2.05, 4.69) is 0 Å². The third kappa shape index (κ3) is 2.59. The van der Waals surface area contributed by atoms with Crippen molar-refractivity contribution in [2.45, 2.75) is 37.4 Å². The molecule has 0 aliphatic heterocycles. The summed E-state index contributed by atoms with van der Waals surface area (Å²) in [4.78, 5) is 16.4. The number of aryl methyl sites for hydroxylation is 1. The van der Waals surface area contributed by atoms with Crippen LogP contribution < -0.4 is 4.74 Å². The Bertz CT molecular complexity index is 1070. The second kappa shape index (κ2) is 5.82. The molecule has 2 atom stereocenters. The van der Waals surface area contributed by atoms with Crippen LogP contribution in [0.25, 0.3) is 11.0 Å². The number of hydrogen-bond donors (Lipinski definition) is 2. The fraction of sp³-hybridized carbons (Fsp3) is 0.333. The maximum Gasteiger partial charge on any atom is 0.335 e. The lowest BCUT2D eigenvalue weighted by Gasteiger charge is -2.19. The molecule has 2 aromatic carbocycles. The van der Waals surface area contributed by atoms with Crippen molar-refractivity contribution in [3.8, 4) is 5.75 Å². The van der Waals surface area contributed by atoms with E-state index in [0.717, 1.165) is 35.3 Å². The molecule has 0 saturated heterocycles. The average Bonchev–Trinajstić information content (AvgIpc) is 3.37. The van der Waals surface area contributed by atoms with E-state index < -0.39 is 18.2 Å². The van der Waals surface area contributed by atoms with Crippen LogP contribution in [0.3, 0.4) is 0 Å². The SMILES string of the molecule is Cn1c(C2CC2)nc2c(OC3c4ccccc4CC3O)cc(C(=O)O)cc21. The number of aromatic nitrogens is 2. The maximum absolute atomic E-state index is 11.6. The Hall–Kier alpha value is -2.86. The van der Waals surface area contributed by atoms with Gasteiger partial charge >= 0.3 is 5.97 Å². The third-order valence-electron chi connectivity index (χ3n) is 5.57. The molecule has 0 bridgehead atoms. The van der Waals surface area contributed by atoms with Crippen molar-refractivity contribution >= 4 is 17.0 Å². The van der Waals surface area contributed by atoms with E-state index in [1.165, 1.54) is 6.07 Å². The third-order valence-corrected chi connectivity index (χ3v) is 5.57. The fourth-order valence-corrected chi connectivity index (χ4v) is 4.01. The lowest BCUT2D eigenvalue weighted by molar-refractivity contribution is 0.0502. The van der Waals surface area contributed by atoms with Gasteiger partial charge in [0.2, 0.25) is 0 Å². The van der Waals surface area contributed by atoms with E-state index in [1.54, 1.807) is 6.07 Å². The van der Waals surface area contributed by atoms with Crippen LogP contribution in [-0.2, 0) is 13.5 Å². The molecule has 2 aliphatic rings. The lowest BCUT2D eigenvalue weighted by Crippen LogP contribution is -2.19. The van der Waals surface area contributed by atoms with Crippen LogP contribution in [0.2, 0.25) is 0 Å². The normalized spacial score (nSPS) is 21.4. The van der Waals surface area contributed by atoms with Gasteiger partial charge in [-0.05, 0) is 36.1 Å². The monoisotopic (exact) mass is 364 g/mol. The van der Waals surface area contributed by atoms with Crippen LogP contribution in [0.4, 0.5) is 0 Å². The number of ether oxygens (including phenoxy) is 1. The van der Waals surface area contributed by atoms with Crippen LogP contribution in [0, 0.1) is 0 Å². The second-order valence-corrected chi connectivity index (χ2v) is 7.46. The molecule has 0 spiro atoms. The molecule has 6 heteroatoms. The molecule has 3 aromatic rings. The minimum Gasteiger partial charge on any atom is -0.481 e. The highest BCUT2D eigenvalue weighted by Gasteiger charge is 2.34. The predicted molar refractivity (Wildman–Crippen MR) is 99.2 cm³/mol. The Morgan fingerprint density at radius 3 is 2.78 bits per heavy atom. The van der Waals surface area contributed by atoms with Gasteiger partial charge in [-0.25, -0.2) is 9.78 Å². The quantitative estimate of drug-likeness (QED) is 0.743. The Morgan fingerprint density at radius 2 is 2.04 bits per heavy atom. The summed E-state index contributed by atoms with van der Waals surface area (Å²) in [5.41, 5.74) is 3.55. The first kappa shape index (κ1) is 16.3. The summed E-state index contributed by atoms with van der Waals surface area (Å²) in [6.07, 6.45) is 1.54. The zero-order chi connectivity index (χ0) is 18.7. The summed E-state index contributed by atoms with van der Waals surface area (Å²) in [5.74, 6) is 0.794. The van der Waals surface area contributed by atoms with Gasteiger partial charge in [-0.15, -0.1) is 0 Å². The highest BCUT2D eigenvalue weighted by molar-refractivity contribution is 5.95. The molecule has 1 aromatic heterocycles. The molecular formula is C21H20N2O4. The van der Waals surface area contributed by atoms with Gasteiger partial charge in [0.1, 0.15) is 17.1 Å². The first-order valence-electron chi connectivity index (χ1n) is 9.19. The molecule has 0 radical (unpaired) electrons. The zero-order valence-corrected chi connectivity index (χ0v) is 14.9. The molecule has 2 N–H and O–H groups in total. The van der Waals surface area contributed by atoms with Crippen molar-refractivity contribution in [3.05, 3.63) is 58.9 Å². The largest absolute Gasteiger partial charge is 0.481 e. The van der Waals surface area contributed by atoms with Gasteiger partial charge in [-0.1, -0.05) is 24.3 Å². The standard InChI is InChI=1S/C21H20N2O4/c1-23-15-8-13(21(25)26)10-17(18(15)22-20(23)11-6-7-11)27-19-14-5-3-2-4-12(14)9-16(19)24/h2-5,8,10-11,16,19,24H,6-7,9H2,1H3,(H,25,26). The lowest BCUT2D eigenvalue weighted by atomic mass is 10.1. The topological polar surface area (TPSA) is 84.6 Å². The van der Waals surface area contributed by atoms with Crippen molar-refractivity contribution in [3.63, 3.8) is 0 Å². The number of fused-ring (bicyclic) bond motifs is 2. The Balaban J connectivity index is 1.64. The summed E-state index contributed by atoms with van der Waals surface area (Å²) in [5, 5.41) is 20.0. The van der Waals surface area contributed by atoms with Gasteiger partial charge < -0.3 is 19.5 Å². The number of nitrogens with zero attached hydrogens (tertiary/aromatic N) is 2. The minimum atomic E-state index is -1.01. The number of carboxylic acids is 1. The van der Waals surface area contributed by atoms with Gasteiger partial charge in [0.25, 0.3) is 0 Å². The molecule has 2 unspecified atom stereocenters. The van der Waals surface area contributed by atoms with Crippen molar-refractivity contribution in [1.29, 1.82) is 0 Å². The number of carboxylic acid groups (broad SMARTS) is 1. The molecule has 2 aliphatic carbocycles. The highest BCUT2D eigenvalue weighted by atomic mass is 16.5. The van der Waals surface area contributed by atoms with Crippen molar-refractivity contribution in [2.75, 3.05) is 0 Å². The maximum atomic E-state index is 11.6. The number of imidazole rings is 1. The summed E-state index contributed by atoms with van der Waals surface area (Å²) in [6.45, 7) is 0. The van der Waals surface area contributed by atoms with Gasteiger partial charge in [0, 0.05) is 19.4 Å². The summed E-state index contributed by atoms with van der Waals surface area (Å²) >= 11 is 0. The smallest absolute Gasteiger partial charge is 0.335 e. The summed E-state index contributed by atoms with van der Waals surface area (Å²) in [7, 11) is 1.91. The van der Waals surface area contributed by atoms with Crippen LogP contribution in [-0.4, -0.2) is 31.8 Å². The highest BCUT2D eigenvalue weighted by Crippen LogP contribution is 2.43. The van der Waals surface area contributed by atoms with Crippen LogP contribution in [0.1, 0.15) is 52.2 Å². The molecule has 138 valence electrons. The van der Waals surface area contributed by atoms with Crippen LogP contribution in [0.5, 0.6) is 5.75 Å². The summed E-state index contributed by atoms with van der Waals surface area (Å²) < 4.78 is 8.16. The Kier molecular flexibility index (Phi) is 3.52. The first-order valence-corrected chi connectivity index (χ1v) is 9.19. The van der Waals surface area contributed by atoms with Gasteiger partial charge in [0.15, 0.2) is 6.10 Å². The number of benzene rings is 2. The van der Waals surface area contributed by atoms with E-state index in [9.17, 15) is 15.0 Å². The first-order chi connectivity index (χ1) is 13.0. The number of aliphatic hydroxyl groups excluding tert-OH is 1. The summed E-state index contributed by atoms with van der Waals surface area (Å²) in [6, 6.07) is 10.9. The second-order valence-electron chi connectivity index (χ2n) is 7.46. The molecule has 1 saturated carbocycles. The van der Waals surface area contributed by atoms with Crippen molar-refractivity contribution in [2.24, 2.45) is 7.05 Å². The van der Waals surface area contributed by atoms with Gasteiger partial charge in [-0.2, -0.15) is 0 Å². The zero-order valence-electron chi connectivity index (χ0n) is 14.9. The Morgan fingerprint density at radius 1 is 1.26 bits per heavy atom. The molecular weight excluding hydrogens is 344 g/mol. The molecule has 1 heterocycles. The molecule has 1 fully saturated rings. The number of carbonyl (C=O) groups is 1. The predicted octanol–water partition coefficient (Wildman–Crippen LogP) is 3.19. The van der Waals surface area contributed by atoms with E-state index >= 15 is 0 Å². The van der Waals surface area contributed by atoms with Crippen LogP contribution in [0.15, 0.2) is 36.4 Å². The molecule has 27 heavy (non-hydrogen) atoms. The molecule has 6 nitrogen and oxygen atoms in total. The number of rotatable bonds is 4. The van der Waals surface area contributed by atoms with E-state index in [0.29, 0.717) is 23.6 Å². The van der Waals surface area contributed by atoms with E-state index in [4.69, 9.17) is 9.72 Å². The van der Waals surface area contributed by atoms with Gasteiger partial charge in [-0.3, -0.25) is 0 Å². The Labute approximate surface area is 156 Å².